The average Bonchev–Trinajstić information content (AvgIpc) is 2.38. The number of benzene rings is 2. The van der Waals surface area contributed by atoms with Gasteiger partial charge in [-0.15, -0.1) is 0 Å². The molecule has 0 amide bonds. The van der Waals surface area contributed by atoms with Crippen LogP contribution in [0, 0.1) is 6.92 Å². The molecular formula is C17H22N2O. The average molecular weight is 270 g/mol. The SMILES string of the molecule is Cc1ccc(C(C)Nc2cccc(N(C)C)c2)c(O)c1. The smallest absolute Gasteiger partial charge is 0.121 e. The van der Waals surface area contributed by atoms with Crippen LogP contribution < -0.4 is 10.2 Å². The molecule has 0 aliphatic carbocycles. The summed E-state index contributed by atoms with van der Waals surface area (Å²) in [6, 6.07) is 14.1. The molecule has 0 heterocycles. The van der Waals surface area contributed by atoms with E-state index in [1.54, 1.807) is 6.07 Å². The minimum Gasteiger partial charge on any atom is -0.508 e. The number of nitrogens with zero attached hydrogens (tertiary/aromatic N) is 1. The van der Waals surface area contributed by atoms with Crippen molar-refractivity contribution in [3.05, 3.63) is 53.6 Å². The minimum absolute atomic E-state index is 0.0491. The molecule has 106 valence electrons. The topological polar surface area (TPSA) is 35.5 Å². The molecule has 0 saturated carbocycles. The maximum atomic E-state index is 10.0. The van der Waals surface area contributed by atoms with Crippen molar-refractivity contribution in [1.82, 2.24) is 0 Å². The number of aromatic hydroxyl groups is 1. The normalized spacial score (nSPS) is 12.0. The van der Waals surface area contributed by atoms with Gasteiger partial charge in [0.2, 0.25) is 0 Å². The number of hydrogen-bond donors (Lipinski definition) is 2. The number of anilines is 2. The fraction of sp³-hybridized carbons (Fsp3) is 0.294. The first-order valence-electron chi connectivity index (χ1n) is 6.81. The number of rotatable bonds is 4. The molecule has 20 heavy (non-hydrogen) atoms. The summed E-state index contributed by atoms with van der Waals surface area (Å²) in [6.07, 6.45) is 0. The Labute approximate surface area is 120 Å². The first-order chi connectivity index (χ1) is 9.47. The second-order valence-corrected chi connectivity index (χ2v) is 5.37. The van der Waals surface area contributed by atoms with Crippen molar-refractivity contribution in [3.63, 3.8) is 0 Å². The van der Waals surface area contributed by atoms with Gasteiger partial charge in [0, 0.05) is 31.0 Å². The quantitative estimate of drug-likeness (QED) is 0.883. The van der Waals surface area contributed by atoms with Crippen LogP contribution in [-0.2, 0) is 0 Å². The van der Waals surface area contributed by atoms with Crippen LogP contribution in [0.5, 0.6) is 5.75 Å². The van der Waals surface area contributed by atoms with Crippen LogP contribution in [0.4, 0.5) is 11.4 Å². The Balaban J connectivity index is 2.19. The molecule has 1 unspecified atom stereocenters. The summed E-state index contributed by atoms with van der Waals surface area (Å²) in [4.78, 5) is 2.07. The van der Waals surface area contributed by atoms with Gasteiger partial charge < -0.3 is 15.3 Å². The van der Waals surface area contributed by atoms with Crippen LogP contribution in [0.15, 0.2) is 42.5 Å². The molecule has 2 aromatic carbocycles. The Morgan fingerprint density at radius 1 is 1.10 bits per heavy atom. The van der Waals surface area contributed by atoms with Gasteiger partial charge in [-0.25, -0.2) is 0 Å². The Hall–Kier alpha value is -2.16. The molecule has 2 rings (SSSR count). The molecule has 0 radical (unpaired) electrons. The van der Waals surface area contributed by atoms with E-state index in [4.69, 9.17) is 0 Å². The molecule has 2 N–H and O–H groups in total. The fourth-order valence-corrected chi connectivity index (χ4v) is 2.22. The van der Waals surface area contributed by atoms with E-state index in [0.717, 1.165) is 22.5 Å². The van der Waals surface area contributed by atoms with Gasteiger partial charge in [-0.1, -0.05) is 18.2 Å². The zero-order valence-corrected chi connectivity index (χ0v) is 12.5. The molecule has 0 saturated heterocycles. The first-order valence-corrected chi connectivity index (χ1v) is 6.81. The predicted octanol–water partition coefficient (Wildman–Crippen LogP) is 3.94. The summed E-state index contributed by atoms with van der Waals surface area (Å²) in [5.41, 5.74) is 4.16. The molecular weight excluding hydrogens is 248 g/mol. The van der Waals surface area contributed by atoms with Crippen LogP contribution >= 0.6 is 0 Å². The minimum atomic E-state index is 0.0491. The largest absolute Gasteiger partial charge is 0.508 e. The molecule has 3 nitrogen and oxygen atoms in total. The van der Waals surface area contributed by atoms with Crippen molar-refractivity contribution in [2.45, 2.75) is 19.9 Å². The molecule has 0 fully saturated rings. The van der Waals surface area contributed by atoms with E-state index < -0.39 is 0 Å². The Morgan fingerprint density at radius 2 is 1.85 bits per heavy atom. The lowest BCUT2D eigenvalue weighted by Gasteiger charge is -2.19. The number of phenolic OH excluding ortho intramolecular Hbond substituents is 1. The maximum absolute atomic E-state index is 10.0. The second-order valence-electron chi connectivity index (χ2n) is 5.37. The molecule has 0 bridgehead atoms. The number of aryl methyl sites for hydroxylation is 1. The highest BCUT2D eigenvalue weighted by Crippen LogP contribution is 2.28. The van der Waals surface area contributed by atoms with Crippen LogP contribution in [0.2, 0.25) is 0 Å². The summed E-state index contributed by atoms with van der Waals surface area (Å²) in [6.45, 7) is 4.02. The van der Waals surface area contributed by atoms with Crippen molar-refractivity contribution >= 4 is 11.4 Å². The standard InChI is InChI=1S/C17H22N2O/c1-12-8-9-16(17(20)10-12)13(2)18-14-6-5-7-15(11-14)19(3)4/h5-11,13,18,20H,1-4H3. The molecule has 0 spiro atoms. The number of nitrogens with one attached hydrogen (secondary N) is 1. The maximum Gasteiger partial charge on any atom is 0.121 e. The van der Waals surface area contributed by atoms with Crippen LogP contribution in [0.25, 0.3) is 0 Å². The first kappa shape index (κ1) is 14.3. The van der Waals surface area contributed by atoms with E-state index in [1.807, 2.05) is 52.2 Å². The third kappa shape index (κ3) is 3.23. The summed E-state index contributed by atoms with van der Waals surface area (Å²) < 4.78 is 0. The molecule has 3 heteroatoms. The van der Waals surface area contributed by atoms with Gasteiger partial charge in [-0.05, 0) is 43.7 Å². The highest BCUT2D eigenvalue weighted by molar-refractivity contribution is 5.58. The van der Waals surface area contributed by atoms with Crippen molar-refractivity contribution < 1.29 is 5.11 Å². The summed E-state index contributed by atoms with van der Waals surface area (Å²) in [7, 11) is 4.04. The Morgan fingerprint density at radius 3 is 2.50 bits per heavy atom. The number of phenols is 1. The summed E-state index contributed by atoms with van der Waals surface area (Å²) >= 11 is 0. The van der Waals surface area contributed by atoms with Crippen LogP contribution in [-0.4, -0.2) is 19.2 Å². The van der Waals surface area contributed by atoms with Crippen molar-refractivity contribution in [2.24, 2.45) is 0 Å². The molecule has 2 aromatic rings. The van der Waals surface area contributed by atoms with Crippen LogP contribution in [0.3, 0.4) is 0 Å². The van der Waals surface area contributed by atoms with Gasteiger partial charge in [0.25, 0.3) is 0 Å². The van der Waals surface area contributed by atoms with Gasteiger partial charge >= 0.3 is 0 Å². The van der Waals surface area contributed by atoms with Crippen LogP contribution in [0.1, 0.15) is 24.1 Å². The lowest BCUT2D eigenvalue weighted by atomic mass is 10.0. The molecule has 1 atom stereocenters. The molecule has 0 aliphatic heterocycles. The lowest BCUT2D eigenvalue weighted by molar-refractivity contribution is 0.465. The zero-order chi connectivity index (χ0) is 14.7. The van der Waals surface area contributed by atoms with E-state index >= 15 is 0 Å². The second kappa shape index (κ2) is 5.87. The molecule has 0 aromatic heterocycles. The van der Waals surface area contributed by atoms with Crippen molar-refractivity contribution in [3.8, 4) is 5.75 Å². The van der Waals surface area contributed by atoms with Crippen molar-refractivity contribution in [2.75, 3.05) is 24.3 Å². The zero-order valence-electron chi connectivity index (χ0n) is 12.5. The third-order valence-electron chi connectivity index (χ3n) is 3.40. The van der Waals surface area contributed by atoms with Gasteiger partial charge in [-0.2, -0.15) is 0 Å². The van der Waals surface area contributed by atoms with E-state index in [1.165, 1.54) is 0 Å². The van der Waals surface area contributed by atoms with E-state index in [-0.39, 0.29) is 6.04 Å². The van der Waals surface area contributed by atoms with Gasteiger partial charge in [0.15, 0.2) is 0 Å². The van der Waals surface area contributed by atoms with E-state index in [0.29, 0.717) is 5.75 Å². The third-order valence-corrected chi connectivity index (χ3v) is 3.40. The lowest BCUT2D eigenvalue weighted by Crippen LogP contribution is -2.10. The highest BCUT2D eigenvalue weighted by Gasteiger charge is 2.10. The van der Waals surface area contributed by atoms with Crippen molar-refractivity contribution in [1.29, 1.82) is 0 Å². The fourth-order valence-electron chi connectivity index (χ4n) is 2.22. The van der Waals surface area contributed by atoms with E-state index in [2.05, 4.69) is 22.3 Å². The van der Waals surface area contributed by atoms with E-state index in [9.17, 15) is 5.11 Å². The Kier molecular flexibility index (Phi) is 4.18. The Bertz CT molecular complexity index is 593. The van der Waals surface area contributed by atoms with Gasteiger partial charge in [0.05, 0.1) is 6.04 Å². The van der Waals surface area contributed by atoms with Gasteiger partial charge in [-0.3, -0.25) is 0 Å². The highest BCUT2D eigenvalue weighted by atomic mass is 16.3. The molecule has 0 aliphatic rings. The summed E-state index contributed by atoms with van der Waals surface area (Å²) in [5.74, 6) is 0.341. The predicted molar refractivity (Wildman–Crippen MR) is 85.7 cm³/mol. The monoisotopic (exact) mass is 270 g/mol. The number of hydrogen-bond acceptors (Lipinski definition) is 3. The summed E-state index contributed by atoms with van der Waals surface area (Å²) in [5, 5.41) is 13.5. The van der Waals surface area contributed by atoms with Gasteiger partial charge in [0.1, 0.15) is 5.75 Å².